The maximum atomic E-state index is 13.9. The first-order chi connectivity index (χ1) is 15.7. The van der Waals surface area contributed by atoms with Gasteiger partial charge in [-0.05, 0) is 86.9 Å². The van der Waals surface area contributed by atoms with Crippen LogP contribution in [0, 0.1) is 45.3 Å². The minimum Gasteiger partial charge on any atom is -0.458 e. The zero-order valence-corrected chi connectivity index (χ0v) is 22.6. The Kier molecular flexibility index (Phi) is 5.52. The van der Waals surface area contributed by atoms with Crippen molar-refractivity contribution in [3.63, 3.8) is 0 Å². The molecule has 1 saturated heterocycles. The Labute approximate surface area is 206 Å². The van der Waals surface area contributed by atoms with Crippen LogP contribution in [0.1, 0.15) is 106 Å². The van der Waals surface area contributed by atoms with Gasteiger partial charge >= 0.3 is 5.97 Å². The van der Waals surface area contributed by atoms with E-state index < -0.39 is 17.1 Å². The minimum absolute atomic E-state index is 0.00256. The van der Waals surface area contributed by atoms with Crippen LogP contribution in [0.2, 0.25) is 0 Å². The van der Waals surface area contributed by atoms with Gasteiger partial charge in [-0.1, -0.05) is 53.2 Å². The van der Waals surface area contributed by atoms with E-state index in [0.717, 1.165) is 51.4 Å². The van der Waals surface area contributed by atoms with Gasteiger partial charge in [0.2, 0.25) is 0 Å². The highest BCUT2D eigenvalue weighted by atomic mass is 16.6. The number of esters is 1. The second-order valence-electron chi connectivity index (χ2n) is 14.5. The van der Waals surface area contributed by atoms with E-state index in [1.165, 1.54) is 5.57 Å². The summed E-state index contributed by atoms with van der Waals surface area (Å²) >= 11 is 0. The summed E-state index contributed by atoms with van der Waals surface area (Å²) in [4.78, 5) is 13.9. The molecule has 4 nitrogen and oxygen atoms in total. The first-order valence-electron chi connectivity index (χ1n) is 14.0. The predicted octanol–water partition coefficient (Wildman–Crippen LogP) is 6.05. The largest absolute Gasteiger partial charge is 0.458 e. The van der Waals surface area contributed by atoms with Gasteiger partial charge in [-0.15, -0.1) is 0 Å². The van der Waals surface area contributed by atoms with Crippen LogP contribution in [0.3, 0.4) is 0 Å². The van der Waals surface area contributed by atoms with E-state index in [1.807, 2.05) is 0 Å². The fraction of sp³-hybridized carbons (Fsp3) is 0.900. The van der Waals surface area contributed by atoms with E-state index in [0.29, 0.717) is 24.2 Å². The van der Waals surface area contributed by atoms with Crippen LogP contribution in [-0.4, -0.2) is 34.0 Å². The highest BCUT2D eigenvalue weighted by molar-refractivity contribution is 5.83. The number of aliphatic hydroxyl groups excluding tert-OH is 2. The number of carbonyl (C=O) groups is 1. The third kappa shape index (κ3) is 3.00. The molecule has 0 aromatic rings. The van der Waals surface area contributed by atoms with Crippen LogP contribution < -0.4 is 0 Å². The number of hydrogen-bond donors (Lipinski definition) is 2. The molecular formula is C30H48O4. The normalized spacial score (nSPS) is 50.1. The van der Waals surface area contributed by atoms with E-state index in [1.54, 1.807) is 0 Å². The summed E-state index contributed by atoms with van der Waals surface area (Å²) in [5, 5.41) is 21.6. The maximum Gasteiger partial charge on any atom is 0.313 e. The molecule has 5 rings (SSSR count). The first kappa shape index (κ1) is 24.8. The highest BCUT2D eigenvalue weighted by Crippen LogP contribution is 2.76. The number of cyclic esters (lactones) is 1. The van der Waals surface area contributed by atoms with Gasteiger partial charge in [0, 0.05) is 17.8 Å². The number of aliphatic hydroxyl groups is 2. The average Bonchev–Trinajstić information content (AvgIpc) is 3.15. The summed E-state index contributed by atoms with van der Waals surface area (Å²) in [5.74, 6) is 1.56. The Morgan fingerprint density at radius 2 is 1.74 bits per heavy atom. The number of rotatable bonds is 4. The molecular weight excluding hydrogens is 424 g/mol. The van der Waals surface area contributed by atoms with E-state index in [4.69, 9.17) is 4.74 Å². The van der Waals surface area contributed by atoms with Crippen LogP contribution in [0.25, 0.3) is 0 Å². The van der Waals surface area contributed by atoms with Crippen LogP contribution in [-0.2, 0) is 9.53 Å². The van der Waals surface area contributed by atoms with Crippen molar-refractivity contribution in [2.75, 3.05) is 0 Å². The molecule has 3 saturated carbocycles. The molecule has 0 unspecified atom stereocenters. The molecule has 0 aromatic heterocycles. The van der Waals surface area contributed by atoms with Gasteiger partial charge in [-0.2, -0.15) is 0 Å². The Hall–Kier alpha value is -0.870. The summed E-state index contributed by atoms with van der Waals surface area (Å²) in [6, 6.07) is 0. The Morgan fingerprint density at radius 3 is 2.41 bits per heavy atom. The van der Waals surface area contributed by atoms with Crippen molar-refractivity contribution in [1.82, 2.24) is 0 Å². The van der Waals surface area contributed by atoms with Crippen LogP contribution in [0.15, 0.2) is 11.6 Å². The topological polar surface area (TPSA) is 66.8 Å². The molecule has 9 atom stereocenters. The molecule has 0 amide bonds. The first-order valence-corrected chi connectivity index (χ1v) is 14.0. The van der Waals surface area contributed by atoms with Crippen molar-refractivity contribution in [3.05, 3.63) is 11.6 Å². The quantitative estimate of drug-likeness (QED) is 0.386. The predicted molar refractivity (Wildman–Crippen MR) is 134 cm³/mol. The lowest BCUT2D eigenvalue weighted by Gasteiger charge is -2.63. The van der Waals surface area contributed by atoms with Crippen molar-refractivity contribution in [1.29, 1.82) is 0 Å². The number of hydrogen-bond acceptors (Lipinski definition) is 4. The van der Waals surface area contributed by atoms with Gasteiger partial charge in [-0.25, -0.2) is 0 Å². The fourth-order valence-electron chi connectivity index (χ4n) is 10.4. The van der Waals surface area contributed by atoms with Gasteiger partial charge in [0.1, 0.15) is 5.60 Å². The van der Waals surface area contributed by atoms with Crippen molar-refractivity contribution >= 4 is 5.97 Å². The molecule has 192 valence electrons. The van der Waals surface area contributed by atoms with Crippen LogP contribution in [0.5, 0.6) is 0 Å². The molecule has 0 radical (unpaired) electrons. The van der Waals surface area contributed by atoms with E-state index in [2.05, 4.69) is 54.5 Å². The summed E-state index contributed by atoms with van der Waals surface area (Å²) < 4.78 is 6.29. The zero-order chi connectivity index (χ0) is 24.9. The molecule has 2 N–H and O–H groups in total. The molecule has 1 aliphatic heterocycles. The van der Waals surface area contributed by atoms with E-state index in [9.17, 15) is 15.0 Å². The standard InChI is InChI=1S/C30H48O4/c1-18(2)16-19(31)17-29(7)23-11-14-28(6)21-8-9-22-26(3,4)24(32)12-13-27(22,5)20(21)10-15-30(23,28)25(33)34-29/h8,18-20,22-24,31-32H,9-17H2,1-7H3/t19-,20+,22+,23+,24-,27+,28-,29-,30+/m0/s1. The Morgan fingerprint density at radius 1 is 1.03 bits per heavy atom. The maximum absolute atomic E-state index is 13.9. The molecule has 4 heteroatoms. The summed E-state index contributed by atoms with van der Waals surface area (Å²) in [6.07, 6.45) is 10.1. The molecule has 5 aliphatic rings. The van der Waals surface area contributed by atoms with E-state index >= 15 is 0 Å². The van der Waals surface area contributed by atoms with Crippen LogP contribution >= 0.6 is 0 Å². The number of allylic oxidation sites excluding steroid dienone is 2. The molecule has 0 bridgehead atoms. The monoisotopic (exact) mass is 472 g/mol. The number of carbonyl (C=O) groups excluding carboxylic acids is 1. The summed E-state index contributed by atoms with van der Waals surface area (Å²) in [7, 11) is 0. The van der Waals surface area contributed by atoms with Crippen molar-refractivity contribution in [3.8, 4) is 0 Å². The number of ether oxygens (including phenoxy) is 1. The Balaban J connectivity index is 1.51. The van der Waals surface area contributed by atoms with E-state index in [-0.39, 0.29) is 34.2 Å². The van der Waals surface area contributed by atoms with Crippen molar-refractivity contribution < 1.29 is 19.7 Å². The van der Waals surface area contributed by atoms with Gasteiger partial charge in [0.15, 0.2) is 0 Å². The van der Waals surface area contributed by atoms with Gasteiger partial charge < -0.3 is 14.9 Å². The lowest BCUT2D eigenvalue weighted by molar-refractivity contribution is -0.163. The van der Waals surface area contributed by atoms with Crippen molar-refractivity contribution in [2.24, 2.45) is 45.3 Å². The molecule has 1 spiro atoms. The summed E-state index contributed by atoms with van der Waals surface area (Å²) in [5.41, 5.74) is 0.432. The number of fused-ring (bicyclic) bond motifs is 4. The SMILES string of the molecule is CC(C)C[C@H](O)C[C@]1(C)OC(=O)[C@]23CC[C@@H]4C(=CC[C@@H]5C(C)(C)[C@@H](O)CC[C@]45C)[C@]2(C)CC[C@@H]31. The lowest BCUT2D eigenvalue weighted by atomic mass is 9.41. The summed E-state index contributed by atoms with van der Waals surface area (Å²) in [6.45, 7) is 15.7. The fourth-order valence-corrected chi connectivity index (χ4v) is 10.4. The molecule has 0 aromatic carbocycles. The lowest BCUT2D eigenvalue weighted by Crippen LogP contribution is -2.59. The van der Waals surface area contributed by atoms with Crippen LogP contribution in [0.4, 0.5) is 0 Å². The van der Waals surface area contributed by atoms with Crippen molar-refractivity contribution in [2.45, 2.75) is 124 Å². The Bertz CT molecular complexity index is 890. The third-order valence-corrected chi connectivity index (χ3v) is 12.0. The average molecular weight is 473 g/mol. The van der Waals surface area contributed by atoms with Gasteiger partial charge in [0.25, 0.3) is 0 Å². The highest BCUT2D eigenvalue weighted by Gasteiger charge is 2.76. The second kappa shape index (κ2) is 7.57. The minimum atomic E-state index is -0.575. The second-order valence-corrected chi connectivity index (χ2v) is 14.5. The molecule has 1 heterocycles. The third-order valence-electron chi connectivity index (χ3n) is 12.0. The van der Waals surface area contributed by atoms with Gasteiger partial charge in [-0.3, -0.25) is 4.79 Å². The van der Waals surface area contributed by atoms with Gasteiger partial charge in [0.05, 0.1) is 17.6 Å². The molecule has 4 aliphatic carbocycles. The zero-order valence-electron chi connectivity index (χ0n) is 22.6. The smallest absolute Gasteiger partial charge is 0.313 e. The molecule has 4 fully saturated rings. The molecule has 34 heavy (non-hydrogen) atoms.